The molecule has 162 valence electrons. The summed E-state index contributed by atoms with van der Waals surface area (Å²) in [4.78, 5) is 28.3. The highest BCUT2D eigenvalue weighted by Crippen LogP contribution is 2.36. The number of nitrogens with zero attached hydrogens (tertiary/aromatic N) is 4. The number of aryl methyl sites for hydroxylation is 1. The maximum atomic E-state index is 12.9. The number of aromatic nitrogens is 2. The highest BCUT2D eigenvalue weighted by atomic mass is 32.1. The smallest absolute Gasteiger partial charge is 0.261 e. The van der Waals surface area contributed by atoms with Gasteiger partial charge >= 0.3 is 0 Å². The van der Waals surface area contributed by atoms with Gasteiger partial charge in [0, 0.05) is 39.3 Å². The minimum atomic E-state index is -0.0244. The average molecular weight is 438 g/mol. The largest absolute Gasteiger partial charge is 0.379 e. The highest BCUT2D eigenvalue weighted by Gasteiger charge is 2.24. The number of morpholine rings is 1. The molecule has 31 heavy (non-hydrogen) atoms. The maximum absolute atomic E-state index is 12.9. The van der Waals surface area contributed by atoms with Crippen LogP contribution in [0.1, 0.15) is 26.4 Å². The Hall–Kier alpha value is -2.55. The molecule has 0 aliphatic carbocycles. The van der Waals surface area contributed by atoms with Gasteiger partial charge in [-0.15, -0.1) is 11.3 Å². The molecule has 5 rings (SSSR count). The molecule has 0 bridgehead atoms. The third-order valence-corrected chi connectivity index (χ3v) is 7.36. The highest BCUT2D eigenvalue weighted by molar-refractivity contribution is 7.20. The predicted octanol–water partition coefficient (Wildman–Crippen LogP) is 2.62. The Labute approximate surface area is 186 Å². The molecule has 0 spiro atoms. The molecule has 2 aliphatic rings. The first kappa shape index (κ1) is 20.4. The monoisotopic (exact) mass is 437 g/mol. The summed E-state index contributed by atoms with van der Waals surface area (Å²) in [6.45, 7) is 8.63. The number of thiophene rings is 1. The zero-order chi connectivity index (χ0) is 21.2. The van der Waals surface area contributed by atoms with Crippen LogP contribution in [0, 0.1) is 6.92 Å². The Morgan fingerprint density at radius 1 is 1.16 bits per heavy atom. The first-order chi connectivity index (χ1) is 15.2. The van der Waals surface area contributed by atoms with Gasteiger partial charge in [0.25, 0.3) is 5.91 Å². The van der Waals surface area contributed by atoms with Crippen molar-refractivity contribution in [2.45, 2.75) is 19.9 Å². The Balaban J connectivity index is 1.34. The number of rotatable bonds is 5. The number of carbonyl (C=O) groups excluding carboxylic acids is 1. The van der Waals surface area contributed by atoms with Gasteiger partial charge in [0.1, 0.15) is 17.0 Å². The van der Waals surface area contributed by atoms with Gasteiger partial charge in [-0.3, -0.25) is 9.69 Å². The third kappa shape index (κ3) is 4.15. The van der Waals surface area contributed by atoms with Crippen molar-refractivity contribution >= 4 is 33.3 Å². The fourth-order valence-corrected chi connectivity index (χ4v) is 5.48. The van der Waals surface area contributed by atoms with E-state index >= 15 is 0 Å². The van der Waals surface area contributed by atoms with Crippen LogP contribution in [0.3, 0.4) is 0 Å². The summed E-state index contributed by atoms with van der Waals surface area (Å²) >= 11 is 1.46. The summed E-state index contributed by atoms with van der Waals surface area (Å²) in [6, 6.07) is 8.59. The number of benzene rings is 1. The molecule has 2 aromatic heterocycles. The van der Waals surface area contributed by atoms with Crippen LogP contribution in [0.2, 0.25) is 0 Å². The first-order valence-electron chi connectivity index (χ1n) is 10.8. The van der Waals surface area contributed by atoms with E-state index in [-0.39, 0.29) is 5.91 Å². The summed E-state index contributed by atoms with van der Waals surface area (Å²) < 4.78 is 5.38. The summed E-state index contributed by atoms with van der Waals surface area (Å²) in [7, 11) is 0. The van der Waals surface area contributed by atoms with E-state index in [0.29, 0.717) is 6.54 Å². The SMILES string of the molecule is Cc1c(C(=O)NCCN2CCOCC2)sc2ncnc(N3CCc4ccccc4C3)c12. The van der Waals surface area contributed by atoms with Crippen molar-refractivity contribution in [3.8, 4) is 0 Å². The van der Waals surface area contributed by atoms with Gasteiger partial charge < -0.3 is 15.0 Å². The van der Waals surface area contributed by atoms with E-state index in [1.54, 1.807) is 6.33 Å². The molecule has 1 fully saturated rings. The molecule has 7 nitrogen and oxygen atoms in total. The summed E-state index contributed by atoms with van der Waals surface area (Å²) in [6.07, 6.45) is 2.62. The molecule has 0 radical (unpaired) electrons. The molecule has 0 unspecified atom stereocenters. The number of fused-ring (bicyclic) bond motifs is 2. The molecule has 1 aromatic carbocycles. The minimum absolute atomic E-state index is 0.0244. The number of ether oxygens (including phenoxy) is 1. The van der Waals surface area contributed by atoms with Crippen molar-refractivity contribution in [2.75, 3.05) is 50.8 Å². The third-order valence-electron chi connectivity index (χ3n) is 6.16. The van der Waals surface area contributed by atoms with Gasteiger partial charge in [-0.05, 0) is 30.0 Å². The van der Waals surface area contributed by atoms with Crippen molar-refractivity contribution in [2.24, 2.45) is 0 Å². The standard InChI is InChI=1S/C23H27N5O2S/c1-16-19-21(28-8-6-17-4-2-3-5-18(17)14-28)25-15-26-23(19)31-20(16)22(29)24-7-9-27-10-12-30-13-11-27/h2-5,15H,6-14H2,1H3,(H,24,29). The van der Waals surface area contributed by atoms with Crippen LogP contribution >= 0.6 is 11.3 Å². The van der Waals surface area contributed by atoms with Crippen LogP contribution in [0.15, 0.2) is 30.6 Å². The van der Waals surface area contributed by atoms with E-state index in [4.69, 9.17) is 4.74 Å². The maximum Gasteiger partial charge on any atom is 0.261 e. The number of hydrogen-bond acceptors (Lipinski definition) is 7. The number of anilines is 1. The quantitative estimate of drug-likeness (QED) is 0.662. The average Bonchev–Trinajstić information content (AvgIpc) is 3.16. The number of nitrogens with one attached hydrogen (secondary N) is 1. The molecule has 1 saturated heterocycles. The molecule has 2 aliphatic heterocycles. The van der Waals surface area contributed by atoms with Crippen LogP contribution < -0.4 is 10.2 Å². The summed E-state index contributed by atoms with van der Waals surface area (Å²) in [5.41, 5.74) is 3.72. The minimum Gasteiger partial charge on any atom is -0.379 e. The van der Waals surface area contributed by atoms with Crippen LogP contribution in [0.25, 0.3) is 10.2 Å². The molecule has 8 heteroatoms. The van der Waals surface area contributed by atoms with E-state index in [9.17, 15) is 4.79 Å². The number of carbonyl (C=O) groups is 1. The second kappa shape index (κ2) is 8.90. The lowest BCUT2D eigenvalue weighted by molar-refractivity contribution is 0.0383. The van der Waals surface area contributed by atoms with Crippen LogP contribution in [-0.2, 0) is 17.7 Å². The number of hydrogen-bond donors (Lipinski definition) is 1. The van der Waals surface area contributed by atoms with Crippen molar-refractivity contribution in [3.63, 3.8) is 0 Å². The molecular weight excluding hydrogens is 410 g/mol. The Bertz CT molecular complexity index is 1090. The van der Waals surface area contributed by atoms with Gasteiger partial charge in [0.2, 0.25) is 0 Å². The summed E-state index contributed by atoms with van der Waals surface area (Å²) in [5.74, 6) is 0.907. The van der Waals surface area contributed by atoms with Gasteiger partial charge in [-0.1, -0.05) is 24.3 Å². The van der Waals surface area contributed by atoms with Crippen LogP contribution in [-0.4, -0.2) is 66.7 Å². The fourth-order valence-electron chi connectivity index (χ4n) is 4.42. The molecule has 1 N–H and O–H groups in total. The first-order valence-corrected chi connectivity index (χ1v) is 11.7. The lowest BCUT2D eigenvalue weighted by atomic mass is 9.99. The lowest BCUT2D eigenvalue weighted by Crippen LogP contribution is -2.41. The Morgan fingerprint density at radius 2 is 1.97 bits per heavy atom. The van der Waals surface area contributed by atoms with Crippen LogP contribution in [0.5, 0.6) is 0 Å². The predicted molar refractivity (Wildman–Crippen MR) is 123 cm³/mol. The molecule has 0 atom stereocenters. The van der Waals surface area contributed by atoms with Crippen molar-refractivity contribution < 1.29 is 9.53 Å². The van der Waals surface area contributed by atoms with E-state index in [1.165, 1.54) is 22.5 Å². The van der Waals surface area contributed by atoms with Crippen molar-refractivity contribution in [3.05, 3.63) is 52.2 Å². The zero-order valence-electron chi connectivity index (χ0n) is 17.8. The van der Waals surface area contributed by atoms with E-state index < -0.39 is 0 Å². The van der Waals surface area contributed by atoms with Gasteiger partial charge in [0.05, 0.1) is 23.5 Å². The van der Waals surface area contributed by atoms with E-state index in [2.05, 4.69) is 49.4 Å². The zero-order valence-corrected chi connectivity index (χ0v) is 18.6. The molecule has 1 amide bonds. The van der Waals surface area contributed by atoms with E-state index in [1.807, 2.05) is 6.92 Å². The van der Waals surface area contributed by atoms with E-state index in [0.717, 1.165) is 78.8 Å². The summed E-state index contributed by atoms with van der Waals surface area (Å²) in [5, 5.41) is 4.09. The normalized spacial score (nSPS) is 17.0. The molecule has 0 saturated carbocycles. The molecule has 4 heterocycles. The second-order valence-electron chi connectivity index (χ2n) is 8.08. The number of amides is 1. The Morgan fingerprint density at radius 3 is 2.81 bits per heavy atom. The topological polar surface area (TPSA) is 70.6 Å². The molecular formula is C23H27N5O2S. The van der Waals surface area contributed by atoms with Gasteiger partial charge in [-0.25, -0.2) is 9.97 Å². The molecule has 3 aromatic rings. The second-order valence-corrected chi connectivity index (χ2v) is 9.08. The van der Waals surface area contributed by atoms with Gasteiger partial charge in [0.15, 0.2) is 0 Å². The van der Waals surface area contributed by atoms with Crippen molar-refractivity contribution in [1.29, 1.82) is 0 Å². The lowest BCUT2D eigenvalue weighted by Gasteiger charge is -2.30. The van der Waals surface area contributed by atoms with Gasteiger partial charge in [-0.2, -0.15) is 0 Å². The van der Waals surface area contributed by atoms with Crippen LogP contribution in [0.4, 0.5) is 5.82 Å². The Kier molecular flexibility index (Phi) is 5.85. The fraction of sp³-hybridized carbons (Fsp3) is 0.435. The van der Waals surface area contributed by atoms with Crippen molar-refractivity contribution in [1.82, 2.24) is 20.2 Å².